The molecule has 0 bridgehead atoms. The van der Waals surface area contributed by atoms with Crippen molar-refractivity contribution in [1.82, 2.24) is 9.62 Å². The fourth-order valence-electron chi connectivity index (χ4n) is 3.14. The van der Waals surface area contributed by atoms with Gasteiger partial charge in [0.05, 0.1) is 33.9 Å². The zero-order chi connectivity index (χ0) is 23.2. The maximum absolute atomic E-state index is 13.2. The van der Waals surface area contributed by atoms with Crippen molar-refractivity contribution < 1.29 is 27.4 Å². The second-order valence-corrected chi connectivity index (χ2v) is 8.90. The molecule has 1 amide bonds. The second-order valence-electron chi connectivity index (χ2n) is 6.99. The minimum atomic E-state index is -3.92. The zero-order valence-electron chi connectivity index (χ0n) is 18.8. The van der Waals surface area contributed by atoms with E-state index in [4.69, 9.17) is 14.2 Å². The molecule has 2 aromatic rings. The van der Waals surface area contributed by atoms with Gasteiger partial charge in [0, 0.05) is 6.54 Å². The van der Waals surface area contributed by atoms with Crippen molar-refractivity contribution in [3.63, 3.8) is 0 Å². The number of likely N-dealkylation sites (N-methyl/N-ethyl adjacent to an activating group) is 1. The third-order valence-electron chi connectivity index (χ3n) is 4.89. The number of sulfonamides is 1. The fourth-order valence-corrected chi connectivity index (χ4v) is 4.79. The number of carbonyl (C=O) groups excluding carboxylic acids is 1. The molecule has 0 aliphatic heterocycles. The first kappa shape index (κ1) is 24.5. The summed E-state index contributed by atoms with van der Waals surface area (Å²) in [5.74, 6) is 0.952. The summed E-state index contributed by atoms with van der Waals surface area (Å²) >= 11 is 0. The minimum absolute atomic E-state index is 0.0394. The number of aryl methyl sites for hydroxylation is 1. The number of ether oxygens (including phenoxy) is 3. The van der Waals surface area contributed by atoms with Gasteiger partial charge in [0.15, 0.2) is 11.5 Å². The van der Waals surface area contributed by atoms with E-state index in [-0.39, 0.29) is 29.8 Å². The third kappa shape index (κ3) is 5.68. The summed E-state index contributed by atoms with van der Waals surface area (Å²) in [5, 5.41) is 2.84. The van der Waals surface area contributed by atoms with Crippen LogP contribution in [-0.4, -0.2) is 53.0 Å². The molecule has 0 aliphatic carbocycles. The normalized spacial score (nSPS) is 12.4. The number of hydrogen-bond donors (Lipinski definition) is 1. The lowest BCUT2D eigenvalue weighted by Crippen LogP contribution is -2.41. The summed E-state index contributed by atoms with van der Waals surface area (Å²) in [6, 6.07) is 9.90. The van der Waals surface area contributed by atoms with Crippen LogP contribution in [0.3, 0.4) is 0 Å². The van der Waals surface area contributed by atoms with Crippen molar-refractivity contribution in [2.24, 2.45) is 0 Å². The molecule has 0 heterocycles. The number of methoxy groups -OCH3 is 3. The van der Waals surface area contributed by atoms with Gasteiger partial charge in [-0.25, -0.2) is 8.42 Å². The van der Waals surface area contributed by atoms with Crippen LogP contribution in [0.15, 0.2) is 41.3 Å². The fraction of sp³-hybridized carbons (Fsp3) is 0.409. The van der Waals surface area contributed by atoms with Gasteiger partial charge in [-0.3, -0.25) is 4.79 Å². The highest BCUT2D eigenvalue weighted by molar-refractivity contribution is 7.89. The molecule has 0 aromatic heterocycles. The second kappa shape index (κ2) is 10.5. The number of amides is 1. The average molecular weight is 451 g/mol. The summed E-state index contributed by atoms with van der Waals surface area (Å²) < 4.78 is 43.2. The van der Waals surface area contributed by atoms with E-state index in [1.165, 1.54) is 14.2 Å². The van der Waals surface area contributed by atoms with Crippen LogP contribution < -0.4 is 19.5 Å². The molecule has 1 N–H and O–H groups in total. The molecule has 2 aromatic carbocycles. The van der Waals surface area contributed by atoms with Gasteiger partial charge in [0.1, 0.15) is 10.6 Å². The molecule has 0 aliphatic rings. The highest BCUT2D eigenvalue weighted by Crippen LogP contribution is 2.30. The molecule has 9 heteroatoms. The molecule has 31 heavy (non-hydrogen) atoms. The van der Waals surface area contributed by atoms with Crippen LogP contribution in [0.2, 0.25) is 0 Å². The van der Waals surface area contributed by atoms with E-state index in [1.807, 2.05) is 13.0 Å². The summed E-state index contributed by atoms with van der Waals surface area (Å²) in [6.45, 7) is 5.12. The molecule has 2 rings (SSSR count). The lowest BCUT2D eigenvalue weighted by molar-refractivity contribution is -0.121. The molecule has 0 unspecified atom stereocenters. The Morgan fingerprint density at radius 1 is 1.00 bits per heavy atom. The van der Waals surface area contributed by atoms with Crippen molar-refractivity contribution in [3.05, 3.63) is 47.5 Å². The van der Waals surface area contributed by atoms with Gasteiger partial charge in [-0.05, 0) is 49.2 Å². The van der Waals surface area contributed by atoms with E-state index in [1.54, 1.807) is 51.3 Å². The molecule has 0 saturated carbocycles. The smallest absolute Gasteiger partial charge is 0.247 e. The monoisotopic (exact) mass is 450 g/mol. The number of nitrogens with zero attached hydrogens (tertiary/aromatic N) is 1. The van der Waals surface area contributed by atoms with Gasteiger partial charge in [-0.1, -0.05) is 19.1 Å². The Morgan fingerprint density at radius 3 is 2.19 bits per heavy atom. The Kier molecular flexibility index (Phi) is 8.29. The largest absolute Gasteiger partial charge is 0.495 e. The molecule has 1 atom stereocenters. The van der Waals surface area contributed by atoms with Crippen molar-refractivity contribution in [2.75, 3.05) is 34.4 Å². The van der Waals surface area contributed by atoms with Gasteiger partial charge >= 0.3 is 0 Å². The van der Waals surface area contributed by atoms with Crippen molar-refractivity contribution in [3.8, 4) is 17.2 Å². The summed E-state index contributed by atoms with van der Waals surface area (Å²) in [6.07, 6.45) is 0. The van der Waals surface area contributed by atoms with E-state index in [0.29, 0.717) is 11.5 Å². The maximum atomic E-state index is 13.2. The van der Waals surface area contributed by atoms with Crippen LogP contribution in [0, 0.1) is 6.92 Å². The first-order chi connectivity index (χ1) is 14.7. The topological polar surface area (TPSA) is 94.2 Å². The molecule has 170 valence electrons. The molecule has 0 spiro atoms. The van der Waals surface area contributed by atoms with Crippen molar-refractivity contribution >= 4 is 15.9 Å². The first-order valence-electron chi connectivity index (χ1n) is 9.84. The van der Waals surface area contributed by atoms with Gasteiger partial charge < -0.3 is 19.5 Å². The third-order valence-corrected chi connectivity index (χ3v) is 6.84. The van der Waals surface area contributed by atoms with E-state index >= 15 is 0 Å². The Hall–Kier alpha value is -2.78. The predicted octanol–water partition coefficient (Wildman–Crippen LogP) is 2.91. The van der Waals surface area contributed by atoms with Crippen LogP contribution >= 0.6 is 0 Å². The average Bonchev–Trinajstić information content (AvgIpc) is 2.76. The molecule has 8 nitrogen and oxygen atoms in total. The predicted molar refractivity (Wildman–Crippen MR) is 118 cm³/mol. The summed E-state index contributed by atoms with van der Waals surface area (Å²) in [5.41, 5.74) is 1.58. The number of nitrogens with one attached hydrogen (secondary N) is 1. The minimum Gasteiger partial charge on any atom is -0.495 e. The number of rotatable bonds is 10. The van der Waals surface area contributed by atoms with E-state index < -0.39 is 15.9 Å². The number of carbonyl (C=O) groups is 1. The van der Waals surface area contributed by atoms with Gasteiger partial charge in [0.25, 0.3) is 0 Å². The van der Waals surface area contributed by atoms with Crippen LogP contribution in [0.25, 0.3) is 0 Å². The van der Waals surface area contributed by atoms with E-state index in [2.05, 4.69) is 5.32 Å². The Balaban J connectivity index is 2.19. The summed E-state index contributed by atoms with van der Waals surface area (Å²) in [7, 11) is 0.577. The standard InChI is InChI=1S/C22H30N2O6S/c1-7-24(31(26,27)21-12-15(2)8-10-19(21)29-5)14-22(25)23-16(3)17-9-11-18(28-4)20(13-17)30-6/h8-13,16H,7,14H2,1-6H3,(H,23,25)/t16-/m1/s1. The summed E-state index contributed by atoms with van der Waals surface area (Å²) in [4.78, 5) is 12.7. The van der Waals surface area contributed by atoms with Gasteiger partial charge in [-0.2, -0.15) is 4.31 Å². The Labute approximate surface area is 184 Å². The van der Waals surface area contributed by atoms with Gasteiger partial charge in [-0.15, -0.1) is 0 Å². The van der Waals surface area contributed by atoms with Crippen molar-refractivity contribution in [2.45, 2.75) is 31.7 Å². The van der Waals surface area contributed by atoms with Crippen LogP contribution in [0.4, 0.5) is 0 Å². The lowest BCUT2D eigenvalue weighted by atomic mass is 10.1. The molecule has 0 saturated heterocycles. The molecule has 0 radical (unpaired) electrons. The maximum Gasteiger partial charge on any atom is 0.247 e. The quantitative estimate of drug-likeness (QED) is 0.598. The first-order valence-corrected chi connectivity index (χ1v) is 11.3. The molecular weight excluding hydrogens is 420 g/mol. The Morgan fingerprint density at radius 2 is 1.61 bits per heavy atom. The van der Waals surface area contributed by atoms with Crippen LogP contribution in [0.5, 0.6) is 17.2 Å². The van der Waals surface area contributed by atoms with Gasteiger partial charge in [0.2, 0.25) is 15.9 Å². The highest BCUT2D eigenvalue weighted by Gasteiger charge is 2.29. The number of benzene rings is 2. The SMILES string of the molecule is CCN(CC(=O)N[C@H](C)c1ccc(OC)c(OC)c1)S(=O)(=O)c1cc(C)ccc1OC. The lowest BCUT2D eigenvalue weighted by Gasteiger charge is -2.23. The Bertz CT molecular complexity index is 1020. The number of hydrogen-bond acceptors (Lipinski definition) is 6. The zero-order valence-corrected chi connectivity index (χ0v) is 19.6. The van der Waals surface area contributed by atoms with E-state index in [9.17, 15) is 13.2 Å². The highest BCUT2D eigenvalue weighted by atomic mass is 32.2. The van der Waals surface area contributed by atoms with E-state index in [0.717, 1.165) is 15.4 Å². The van der Waals surface area contributed by atoms with Crippen LogP contribution in [0.1, 0.15) is 31.0 Å². The molecule has 0 fully saturated rings. The van der Waals surface area contributed by atoms with Crippen molar-refractivity contribution in [1.29, 1.82) is 0 Å². The van der Waals surface area contributed by atoms with Crippen LogP contribution in [-0.2, 0) is 14.8 Å². The molecular formula is C22H30N2O6S.